The van der Waals surface area contributed by atoms with Crippen LogP contribution in [0.2, 0.25) is 0 Å². The molecule has 1 nitrogen and oxygen atoms in total. The molecule has 2 aliphatic rings. The fraction of sp³-hybridized carbons (Fsp3) is 0.0213. The summed E-state index contributed by atoms with van der Waals surface area (Å²) in [6.45, 7) is 0. The number of nitrogens with zero attached hydrogens (tertiary/aromatic N) is 1. The van der Waals surface area contributed by atoms with Crippen LogP contribution in [-0.2, 0) is 5.41 Å². The maximum Gasteiger partial charge on any atom is 0.0741 e. The highest BCUT2D eigenvalue weighted by Crippen LogP contribution is 2.64. The topological polar surface area (TPSA) is 3.24 Å². The first kappa shape index (κ1) is 28.2. The SMILES string of the molecule is c1ccc(N(c2ccccc2)c2ccc(-c3cccc4c3-c3ccccc3C43c4ccccc4Sc4ccc5ccccc5c43)cc2)cc1. The van der Waals surface area contributed by atoms with Crippen LogP contribution >= 0.6 is 11.8 Å². The van der Waals surface area contributed by atoms with Gasteiger partial charge in [0.15, 0.2) is 0 Å². The van der Waals surface area contributed by atoms with E-state index in [1.807, 2.05) is 11.8 Å². The molecule has 0 amide bonds. The first-order valence-corrected chi connectivity index (χ1v) is 17.7. The van der Waals surface area contributed by atoms with Gasteiger partial charge in [0.05, 0.1) is 5.41 Å². The van der Waals surface area contributed by atoms with Gasteiger partial charge in [-0.3, -0.25) is 0 Å². The minimum Gasteiger partial charge on any atom is -0.311 e. The summed E-state index contributed by atoms with van der Waals surface area (Å²) in [6.07, 6.45) is 0. The molecule has 0 saturated carbocycles. The Balaban J connectivity index is 1.21. The Hall–Kier alpha value is -5.83. The van der Waals surface area contributed by atoms with Crippen LogP contribution in [0.25, 0.3) is 33.0 Å². The highest BCUT2D eigenvalue weighted by atomic mass is 32.2. The quantitative estimate of drug-likeness (QED) is 0.188. The van der Waals surface area contributed by atoms with Crippen LogP contribution in [0.15, 0.2) is 198 Å². The Labute approximate surface area is 291 Å². The number of para-hydroxylation sites is 2. The van der Waals surface area contributed by atoms with Crippen LogP contribution in [-0.4, -0.2) is 0 Å². The molecule has 0 N–H and O–H groups in total. The Bertz CT molecular complexity index is 2480. The molecule has 49 heavy (non-hydrogen) atoms. The summed E-state index contributed by atoms with van der Waals surface area (Å²) in [5, 5.41) is 2.60. The number of rotatable bonds is 4. The number of hydrogen-bond donors (Lipinski definition) is 0. The van der Waals surface area contributed by atoms with Crippen molar-refractivity contribution in [3.8, 4) is 22.3 Å². The second-order valence-corrected chi connectivity index (χ2v) is 13.9. The smallest absolute Gasteiger partial charge is 0.0741 e. The Morgan fingerprint density at radius 2 is 0.980 bits per heavy atom. The standard InChI is InChI=1S/C47H31NS/c1-3-15-34(16-4-1)48(35-17-5-2-6-18-35)36-29-26-33(27-30-36)37-21-13-24-42-45(37)39-20-9-10-22-40(39)47(42)41-23-11-12-25-43(41)49-44-31-28-32-14-7-8-19-38(32)46(44)47/h1-31H. The Morgan fingerprint density at radius 3 is 1.76 bits per heavy atom. The third-order valence-corrected chi connectivity index (χ3v) is 11.4. The lowest BCUT2D eigenvalue weighted by molar-refractivity contribution is 0.731. The van der Waals surface area contributed by atoms with Crippen LogP contribution in [0, 0.1) is 0 Å². The van der Waals surface area contributed by atoms with Gasteiger partial charge in [0.25, 0.3) is 0 Å². The third kappa shape index (κ3) is 4.14. The average Bonchev–Trinajstić information content (AvgIpc) is 3.47. The van der Waals surface area contributed by atoms with E-state index in [1.165, 1.54) is 65.1 Å². The molecule has 0 bridgehead atoms. The van der Waals surface area contributed by atoms with Crippen molar-refractivity contribution < 1.29 is 0 Å². The molecule has 1 atom stereocenters. The highest BCUT2D eigenvalue weighted by Gasteiger charge is 2.51. The molecule has 8 aromatic carbocycles. The lowest BCUT2D eigenvalue weighted by atomic mass is 9.66. The zero-order valence-electron chi connectivity index (χ0n) is 26.8. The zero-order chi connectivity index (χ0) is 32.4. The Morgan fingerprint density at radius 1 is 0.388 bits per heavy atom. The second-order valence-electron chi connectivity index (χ2n) is 12.8. The molecule has 1 aliphatic heterocycles. The summed E-state index contributed by atoms with van der Waals surface area (Å²) in [7, 11) is 0. The van der Waals surface area contributed by atoms with Gasteiger partial charge >= 0.3 is 0 Å². The minimum absolute atomic E-state index is 0.433. The summed E-state index contributed by atoms with van der Waals surface area (Å²) in [5.41, 5.74) is 13.6. The van der Waals surface area contributed by atoms with Crippen molar-refractivity contribution in [1.29, 1.82) is 0 Å². The van der Waals surface area contributed by atoms with Gasteiger partial charge in [-0.25, -0.2) is 0 Å². The van der Waals surface area contributed by atoms with E-state index in [0.717, 1.165) is 17.1 Å². The van der Waals surface area contributed by atoms with E-state index >= 15 is 0 Å². The van der Waals surface area contributed by atoms with E-state index < -0.39 is 5.41 Å². The highest BCUT2D eigenvalue weighted by molar-refractivity contribution is 7.99. The van der Waals surface area contributed by atoms with Crippen LogP contribution in [0.5, 0.6) is 0 Å². The third-order valence-electron chi connectivity index (χ3n) is 10.3. The minimum atomic E-state index is -0.433. The van der Waals surface area contributed by atoms with Crippen molar-refractivity contribution in [1.82, 2.24) is 0 Å². The first-order chi connectivity index (χ1) is 24.3. The van der Waals surface area contributed by atoms with Crippen molar-refractivity contribution in [3.05, 3.63) is 210 Å². The van der Waals surface area contributed by atoms with Crippen LogP contribution in [0.1, 0.15) is 22.3 Å². The lowest BCUT2D eigenvalue weighted by Gasteiger charge is -2.40. The molecule has 2 heteroatoms. The van der Waals surface area contributed by atoms with E-state index in [4.69, 9.17) is 0 Å². The molecule has 8 aromatic rings. The van der Waals surface area contributed by atoms with E-state index in [9.17, 15) is 0 Å². The van der Waals surface area contributed by atoms with Crippen molar-refractivity contribution in [3.63, 3.8) is 0 Å². The normalized spacial score (nSPS) is 15.3. The van der Waals surface area contributed by atoms with Crippen molar-refractivity contribution >= 4 is 39.6 Å². The number of anilines is 3. The maximum absolute atomic E-state index is 2.39. The summed E-state index contributed by atoms with van der Waals surface area (Å²) in [6, 6.07) is 69.0. The van der Waals surface area contributed by atoms with Crippen LogP contribution < -0.4 is 4.90 Å². The molecule has 0 saturated heterocycles. The number of benzene rings is 8. The Kier molecular flexibility index (Phi) is 6.40. The molecule has 1 unspecified atom stereocenters. The van der Waals surface area contributed by atoms with Gasteiger partial charge in [-0.2, -0.15) is 0 Å². The second kappa shape index (κ2) is 11.1. The monoisotopic (exact) mass is 641 g/mol. The van der Waals surface area contributed by atoms with Crippen LogP contribution in [0.4, 0.5) is 17.1 Å². The van der Waals surface area contributed by atoms with Gasteiger partial charge in [0, 0.05) is 26.9 Å². The largest absolute Gasteiger partial charge is 0.311 e. The first-order valence-electron chi connectivity index (χ1n) is 16.9. The fourth-order valence-corrected chi connectivity index (χ4v) is 9.58. The molecule has 0 aromatic heterocycles. The summed E-state index contributed by atoms with van der Waals surface area (Å²) < 4.78 is 0. The van der Waals surface area contributed by atoms with Crippen molar-refractivity contribution in [2.24, 2.45) is 0 Å². The molecule has 0 radical (unpaired) electrons. The molecule has 1 heterocycles. The van der Waals surface area contributed by atoms with Crippen LogP contribution in [0.3, 0.4) is 0 Å². The number of hydrogen-bond acceptors (Lipinski definition) is 2. The van der Waals surface area contributed by atoms with E-state index in [-0.39, 0.29) is 0 Å². The van der Waals surface area contributed by atoms with Gasteiger partial charge in [0.1, 0.15) is 0 Å². The van der Waals surface area contributed by atoms with Gasteiger partial charge in [-0.15, -0.1) is 0 Å². The van der Waals surface area contributed by atoms with Gasteiger partial charge in [-0.1, -0.05) is 151 Å². The van der Waals surface area contributed by atoms with E-state index in [1.54, 1.807) is 0 Å². The molecule has 230 valence electrons. The predicted octanol–water partition coefficient (Wildman–Crippen LogP) is 12.8. The number of fused-ring (bicyclic) bond motifs is 11. The maximum atomic E-state index is 2.39. The van der Waals surface area contributed by atoms with E-state index in [2.05, 4.69) is 193 Å². The predicted molar refractivity (Wildman–Crippen MR) is 205 cm³/mol. The average molecular weight is 642 g/mol. The molecular weight excluding hydrogens is 611 g/mol. The molecule has 1 spiro atoms. The summed E-state index contributed by atoms with van der Waals surface area (Å²) in [5.74, 6) is 0. The molecular formula is C47H31NS. The zero-order valence-corrected chi connectivity index (χ0v) is 27.6. The molecule has 10 rings (SSSR count). The summed E-state index contributed by atoms with van der Waals surface area (Å²) in [4.78, 5) is 4.98. The van der Waals surface area contributed by atoms with Gasteiger partial charge in [0.2, 0.25) is 0 Å². The summed E-state index contributed by atoms with van der Waals surface area (Å²) >= 11 is 1.90. The van der Waals surface area contributed by atoms with Gasteiger partial charge in [-0.05, 0) is 104 Å². The van der Waals surface area contributed by atoms with Crippen molar-refractivity contribution in [2.75, 3.05) is 4.90 Å². The lowest BCUT2D eigenvalue weighted by Crippen LogP contribution is -2.32. The molecule has 1 aliphatic carbocycles. The van der Waals surface area contributed by atoms with Crippen molar-refractivity contribution in [2.45, 2.75) is 15.2 Å². The fourth-order valence-electron chi connectivity index (χ4n) is 8.36. The van der Waals surface area contributed by atoms with Gasteiger partial charge < -0.3 is 4.90 Å². The van der Waals surface area contributed by atoms with E-state index in [0.29, 0.717) is 0 Å². The molecule has 0 fully saturated rings.